The fraction of sp³-hybridized carbons (Fsp3) is 0.0588. The zero-order chi connectivity index (χ0) is 25.1. The predicted molar refractivity (Wildman–Crippen MR) is 172 cm³/mol. The molecular weight excluding hydrogens is 537 g/mol. The lowest BCUT2D eigenvalue weighted by atomic mass is 10.0. The molecule has 4 heterocycles. The number of thioether (sulfide) groups is 2. The summed E-state index contributed by atoms with van der Waals surface area (Å²) < 4.78 is 2.69. The van der Waals surface area contributed by atoms with Gasteiger partial charge in [0.2, 0.25) is 0 Å². The van der Waals surface area contributed by atoms with Crippen LogP contribution in [-0.4, -0.2) is 0 Å². The van der Waals surface area contributed by atoms with E-state index in [9.17, 15) is 0 Å². The first-order valence-corrected chi connectivity index (χ1v) is 16.1. The minimum Gasteiger partial charge on any atom is -0.136 e. The summed E-state index contributed by atoms with van der Waals surface area (Å²) in [5.74, 6) is 0. The third-order valence-corrected chi connectivity index (χ3v) is 12.4. The van der Waals surface area contributed by atoms with Crippen LogP contribution in [0.3, 0.4) is 0 Å². The highest BCUT2D eigenvalue weighted by atomic mass is 32.2. The van der Waals surface area contributed by atoms with Gasteiger partial charge in [-0.05, 0) is 81.6 Å². The number of rotatable bonds is 4. The first-order valence-electron chi connectivity index (χ1n) is 12.7. The Labute approximate surface area is 238 Å². The minimum atomic E-state index is 0.507. The van der Waals surface area contributed by atoms with E-state index in [4.69, 9.17) is 0 Å². The Morgan fingerprint density at radius 1 is 0.474 bits per heavy atom. The highest BCUT2D eigenvalue weighted by Gasteiger charge is 2.41. The molecule has 4 heteroatoms. The van der Waals surface area contributed by atoms with E-state index in [-0.39, 0.29) is 0 Å². The van der Waals surface area contributed by atoms with Crippen molar-refractivity contribution in [3.05, 3.63) is 129 Å². The molecule has 2 atom stereocenters. The maximum atomic E-state index is 2.38. The fourth-order valence-corrected chi connectivity index (χ4v) is 10.6. The van der Waals surface area contributed by atoms with Crippen molar-refractivity contribution >= 4 is 90.7 Å². The van der Waals surface area contributed by atoms with Crippen molar-refractivity contribution in [1.82, 2.24) is 0 Å². The number of fused-ring (bicyclic) bond motifs is 7. The molecule has 0 aliphatic carbocycles. The van der Waals surface area contributed by atoms with E-state index >= 15 is 0 Å². The molecule has 6 aromatic rings. The van der Waals surface area contributed by atoms with Crippen molar-refractivity contribution in [2.24, 2.45) is 0 Å². The van der Waals surface area contributed by atoms with Gasteiger partial charge >= 0.3 is 0 Å². The van der Waals surface area contributed by atoms with Gasteiger partial charge in [0.15, 0.2) is 0 Å². The Kier molecular flexibility index (Phi) is 5.62. The van der Waals surface area contributed by atoms with Gasteiger partial charge in [0.25, 0.3) is 0 Å². The van der Waals surface area contributed by atoms with Crippen LogP contribution in [-0.2, 0) is 0 Å². The van der Waals surface area contributed by atoms with Crippen LogP contribution in [0.5, 0.6) is 0 Å². The van der Waals surface area contributed by atoms with E-state index in [1.165, 1.54) is 62.0 Å². The topological polar surface area (TPSA) is 0 Å². The van der Waals surface area contributed by atoms with Crippen LogP contribution in [0.1, 0.15) is 42.5 Å². The van der Waals surface area contributed by atoms with E-state index in [0.29, 0.717) is 10.5 Å². The van der Waals surface area contributed by atoms with Crippen LogP contribution in [0.15, 0.2) is 107 Å². The van der Waals surface area contributed by atoms with E-state index in [2.05, 4.69) is 121 Å². The number of hydrogen-bond acceptors (Lipinski definition) is 4. The molecule has 8 rings (SSSR count). The number of thiophene rings is 2. The van der Waals surface area contributed by atoms with Gasteiger partial charge in [-0.3, -0.25) is 0 Å². The van der Waals surface area contributed by atoms with Gasteiger partial charge in [0, 0.05) is 28.9 Å². The summed E-state index contributed by atoms with van der Waals surface area (Å²) in [6, 6.07) is 35.8. The molecule has 4 aromatic carbocycles. The molecule has 2 aromatic heterocycles. The van der Waals surface area contributed by atoms with E-state index in [1.54, 1.807) is 0 Å². The second-order valence-electron chi connectivity index (χ2n) is 9.71. The van der Waals surface area contributed by atoms with Crippen molar-refractivity contribution in [3.63, 3.8) is 0 Å². The van der Waals surface area contributed by atoms with Crippen molar-refractivity contribution < 1.29 is 0 Å². The lowest BCUT2D eigenvalue weighted by molar-refractivity contribution is 0.938. The van der Waals surface area contributed by atoms with Crippen LogP contribution in [0, 0.1) is 0 Å². The molecule has 0 saturated heterocycles. The largest absolute Gasteiger partial charge is 0.136 e. The van der Waals surface area contributed by atoms with E-state index in [0.717, 1.165) is 0 Å². The van der Waals surface area contributed by atoms with Crippen LogP contribution >= 0.6 is 46.2 Å². The molecule has 0 bridgehead atoms. The summed E-state index contributed by atoms with van der Waals surface area (Å²) in [4.78, 5) is 5.48. The van der Waals surface area contributed by atoms with Crippen LogP contribution in [0.25, 0.3) is 44.5 Å². The zero-order valence-electron chi connectivity index (χ0n) is 20.3. The lowest BCUT2D eigenvalue weighted by Crippen LogP contribution is -1.91. The number of benzene rings is 4. The maximum Gasteiger partial charge on any atom is 0.0519 e. The zero-order valence-corrected chi connectivity index (χ0v) is 23.6. The smallest absolute Gasteiger partial charge is 0.0519 e. The molecule has 38 heavy (non-hydrogen) atoms. The Bertz CT molecular complexity index is 1700. The third-order valence-electron chi connectivity index (χ3n) is 7.24. The second kappa shape index (κ2) is 9.32. The molecule has 0 radical (unpaired) electrons. The molecular formula is C34H22S4. The van der Waals surface area contributed by atoms with Gasteiger partial charge in [0.05, 0.1) is 10.5 Å². The van der Waals surface area contributed by atoms with E-state index in [1.807, 2.05) is 46.2 Å². The average Bonchev–Trinajstić information content (AvgIpc) is 3.71. The molecule has 0 spiro atoms. The van der Waals surface area contributed by atoms with Gasteiger partial charge in [-0.1, -0.05) is 72.8 Å². The Balaban J connectivity index is 1.01. The molecule has 0 N–H and O–H groups in total. The molecule has 2 aliphatic heterocycles. The Morgan fingerprint density at radius 3 is 1.42 bits per heavy atom. The van der Waals surface area contributed by atoms with Gasteiger partial charge in [0.1, 0.15) is 0 Å². The van der Waals surface area contributed by atoms with Gasteiger partial charge < -0.3 is 0 Å². The van der Waals surface area contributed by atoms with Crippen molar-refractivity contribution in [3.8, 4) is 0 Å². The summed E-state index contributed by atoms with van der Waals surface area (Å²) in [7, 11) is 0. The highest BCUT2D eigenvalue weighted by molar-refractivity contribution is 8.05. The molecule has 182 valence electrons. The second-order valence-corrected chi connectivity index (χ2v) is 14.3. The van der Waals surface area contributed by atoms with Crippen LogP contribution in [0.4, 0.5) is 0 Å². The third kappa shape index (κ3) is 4.07. The Morgan fingerprint density at radius 2 is 0.947 bits per heavy atom. The quantitative estimate of drug-likeness (QED) is 0.211. The SMILES string of the molecule is C(=C\c1cc2ccccc2s1)/c1ccc2c(c1)SC1c3ccc(/C=C/c4cc5ccccc5s4)cc3SC21. The molecule has 0 nitrogen and oxygen atoms in total. The molecule has 2 unspecified atom stereocenters. The summed E-state index contributed by atoms with van der Waals surface area (Å²) in [5.41, 5.74) is 5.53. The summed E-state index contributed by atoms with van der Waals surface area (Å²) >= 11 is 7.78. The Hall–Kier alpha value is -3.02. The first-order chi connectivity index (χ1) is 18.8. The van der Waals surface area contributed by atoms with Gasteiger partial charge in [-0.25, -0.2) is 0 Å². The molecule has 0 fully saturated rings. The van der Waals surface area contributed by atoms with Crippen molar-refractivity contribution in [2.75, 3.05) is 0 Å². The lowest BCUT2D eigenvalue weighted by Gasteiger charge is -2.07. The number of hydrogen-bond donors (Lipinski definition) is 0. The monoisotopic (exact) mass is 558 g/mol. The summed E-state index contributed by atoms with van der Waals surface area (Å²) in [5, 5.41) is 3.66. The standard InChI is InChI=1S/C34H22S4/c1-3-7-29-23(5-1)19-25(35-29)13-9-21-11-15-27-31(17-21)37-34-28-16-12-22(18-32(28)38-33(27)34)10-14-26-20-24-6-2-4-8-30(24)36-26/h1-20,33-34H/b13-9+,14-10+. The first kappa shape index (κ1) is 22.9. The average molecular weight is 559 g/mol. The molecule has 2 aliphatic rings. The van der Waals surface area contributed by atoms with Crippen LogP contribution in [0.2, 0.25) is 0 Å². The van der Waals surface area contributed by atoms with Gasteiger partial charge in [-0.15, -0.1) is 46.2 Å². The van der Waals surface area contributed by atoms with Crippen molar-refractivity contribution in [1.29, 1.82) is 0 Å². The fourth-order valence-electron chi connectivity index (χ4n) is 5.36. The van der Waals surface area contributed by atoms with Crippen LogP contribution < -0.4 is 0 Å². The molecule has 0 saturated carbocycles. The summed E-state index contributed by atoms with van der Waals surface area (Å²) in [6.07, 6.45) is 9.03. The minimum absolute atomic E-state index is 0.507. The van der Waals surface area contributed by atoms with Gasteiger partial charge in [-0.2, -0.15) is 0 Å². The van der Waals surface area contributed by atoms with E-state index < -0.39 is 0 Å². The predicted octanol–water partition coefficient (Wildman–Crippen LogP) is 11.5. The maximum absolute atomic E-state index is 2.38. The van der Waals surface area contributed by atoms with Crippen molar-refractivity contribution in [2.45, 2.75) is 20.3 Å². The normalized spacial score (nSPS) is 18.1. The highest BCUT2D eigenvalue weighted by Crippen LogP contribution is 2.66. The summed E-state index contributed by atoms with van der Waals surface area (Å²) in [6.45, 7) is 0. The molecule has 0 amide bonds.